The summed E-state index contributed by atoms with van der Waals surface area (Å²) < 4.78 is 4.84. The molecule has 4 heteroatoms. The topological polar surface area (TPSA) is 30.7 Å². The molecule has 0 amide bonds. The van der Waals surface area contributed by atoms with Gasteiger partial charge in [0.05, 0.1) is 22.2 Å². The Balaban J connectivity index is 1.35. The Bertz CT molecular complexity index is 2470. The van der Waals surface area contributed by atoms with Crippen molar-refractivity contribution in [2.45, 2.75) is 0 Å². The van der Waals surface area contributed by atoms with E-state index >= 15 is 0 Å². The Kier molecular flexibility index (Phi) is 5.07. The van der Waals surface area contributed by atoms with Gasteiger partial charge in [0.1, 0.15) is 0 Å². The normalized spacial score (nSPS) is 11.8. The molecule has 3 heterocycles. The van der Waals surface area contributed by atoms with Crippen molar-refractivity contribution < 1.29 is 0 Å². The minimum absolute atomic E-state index is 0.680. The zero-order valence-corrected chi connectivity index (χ0v) is 23.3. The van der Waals surface area contributed by atoms with Gasteiger partial charge in [-0.3, -0.25) is 4.57 Å². The lowest BCUT2D eigenvalue weighted by atomic mass is 10.00. The maximum Gasteiger partial charge on any atom is 0.235 e. The molecular formula is C38H23N3S. The lowest BCUT2D eigenvalue weighted by molar-refractivity contribution is 1.01. The molecule has 42 heavy (non-hydrogen) atoms. The summed E-state index contributed by atoms with van der Waals surface area (Å²) in [5.74, 6) is 0.680. The van der Waals surface area contributed by atoms with Crippen LogP contribution in [-0.4, -0.2) is 14.5 Å². The van der Waals surface area contributed by atoms with Crippen LogP contribution in [0.4, 0.5) is 0 Å². The second-order valence-electron chi connectivity index (χ2n) is 10.7. The van der Waals surface area contributed by atoms with Crippen molar-refractivity contribution in [3.05, 3.63) is 140 Å². The highest BCUT2D eigenvalue weighted by Crippen LogP contribution is 2.40. The van der Waals surface area contributed by atoms with Crippen molar-refractivity contribution in [1.82, 2.24) is 14.5 Å². The molecule has 196 valence electrons. The maximum atomic E-state index is 5.33. The van der Waals surface area contributed by atoms with Gasteiger partial charge in [-0.15, -0.1) is 11.3 Å². The second kappa shape index (κ2) is 9.10. The fourth-order valence-corrected chi connectivity index (χ4v) is 7.39. The van der Waals surface area contributed by atoms with Gasteiger partial charge in [-0.05, 0) is 47.5 Å². The van der Waals surface area contributed by atoms with Gasteiger partial charge in [0.2, 0.25) is 5.95 Å². The third kappa shape index (κ3) is 3.52. The first-order chi connectivity index (χ1) is 20.8. The van der Waals surface area contributed by atoms with E-state index in [0.717, 1.165) is 33.2 Å². The molecule has 3 aromatic heterocycles. The van der Waals surface area contributed by atoms with Gasteiger partial charge >= 0.3 is 0 Å². The van der Waals surface area contributed by atoms with Crippen LogP contribution in [0.3, 0.4) is 0 Å². The van der Waals surface area contributed by atoms with Crippen LogP contribution in [-0.2, 0) is 0 Å². The first-order valence-corrected chi connectivity index (χ1v) is 14.9. The van der Waals surface area contributed by atoms with Crippen LogP contribution in [0.15, 0.2) is 140 Å². The lowest BCUT2D eigenvalue weighted by Crippen LogP contribution is -2.03. The molecular weight excluding hydrogens is 531 g/mol. The van der Waals surface area contributed by atoms with E-state index < -0.39 is 0 Å². The van der Waals surface area contributed by atoms with Gasteiger partial charge in [0, 0.05) is 41.9 Å². The largest absolute Gasteiger partial charge is 0.278 e. The average molecular weight is 554 g/mol. The number of hydrogen-bond acceptors (Lipinski definition) is 3. The Hall–Kier alpha value is -5.32. The van der Waals surface area contributed by atoms with Crippen LogP contribution < -0.4 is 0 Å². The zero-order valence-electron chi connectivity index (χ0n) is 22.5. The molecule has 0 saturated heterocycles. The zero-order chi connectivity index (χ0) is 27.6. The van der Waals surface area contributed by atoms with E-state index in [-0.39, 0.29) is 0 Å². The minimum Gasteiger partial charge on any atom is -0.278 e. The molecule has 0 radical (unpaired) electrons. The van der Waals surface area contributed by atoms with Gasteiger partial charge in [0.15, 0.2) is 0 Å². The second-order valence-corrected chi connectivity index (χ2v) is 11.7. The average Bonchev–Trinajstić information content (AvgIpc) is 3.58. The summed E-state index contributed by atoms with van der Waals surface area (Å²) in [5.41, 5.74) is 7.51. The molecule has 0 aliphatic rings. The predicted molar refractivity (Wildman–Crippen MR) is 178 cm³/mol. The molecule has 0 spiro atoms. The summed E-state index contributed by atoms with van der Waals surface area (Å²) in [7, 11) is 0. The standard InChI is InChI=1S/C38H23N3S/c1-2-11-24(12-3-1)25-13-10-14-26(21-25)37-29-17-4-7-18-32(29)39-38(40-37)41-33-19-8-5-15-27(33)30-23-36-31(22-34(30)41)28-16-6-9-20-35(28)42-36/h1-23H. The molecule has 0 unspecified atom stereocenters. The number of benzene rings is 6. The van der Waals surface area contributed by atoms with Gasteiger partial charge in [-0.1, -0.05) is 103 Å². The van der Waals surface area contributed by atoms with Gasteiger partial charge in [0.25, 0.3) is 0 Å². The Labute approximate surface area is 246 Å². The molecule has 0 N–H and O–H groups in total. The van der Waals surface area contributed by atoms with Crippen LogP contribution in [0.1, 0.15) is 0 Å². The molecule has 0 atom stereocenters. The van der Waals surface area contributed by atoms with Crippen LogP contribution in [0.5, 0.6) is 0 Å². The van der Waals surface area contributed by atoms with Crippen LogP contribution in [0.2, 0.25) is 0 Å². The summed E-state index contributed by atoms with van der Waals surface area (Å²) in [6.07, 6.45) is 0. The predicted octanol–water partition coefficient (Wildman–Crippen LogP) is 10.4. The molecule has 0 aliphatic heterocycles. The number of para-hydroxylation sites is 2. The summed E-state index contributed by atoms with van der Waals surface area (Å²) >= 11 is 1.85. The Morgan fingerprint density at radius 1 is 0.429 bits per heavy atom. The van der Waals surface area contributed by atoms with Crippen molar-refractivity contribution in [3.63, 3.8) is 0 Å². The third-order valence-corrected chi connectivity index (χ3v) is 9.34. The summed E-state index contributed by atoms with van der Waals surface area (Å²) in [4.78, 5) is 10.5. The SMILES string of the molecule is c1ccc(-c2cccc(-c3nc(-n4c5ccccc5c5cc6sc7ccccc7c6cc54)nc4ccccc34)c2)cc1. The third-order valence-electron chi connectivity index (χ3n) is 8.21. The van der Waals surface area contributed by atoms with Crippen molar-refractivity contribution in [3.8, 4) is 28.3 Å². The number of thiophene rings is 1. The Morgan fingerprint density at radius 2 is 1.14 bits per heavy atom. The van der Waals surface area contributed by atoms with Gasteiger partial charge < -0.3 is 0 Å². The van der Waals surface area contributed by atoms with Crippen molar-refractivity contribution in [1.29, 1.82) is 0 Å². The first-order valence-electron chi connectivity index (χ1n) is 14.1. The van der Waals surface area contributed by atoms with Crippen molar-refractivity contribution in [2.24, 2.45) is 0 Å². The van der Waals surface area contributed by atoms with E-state index in [9.17, 15) is 0 Å². The van der Waals surface area contributed by atoms with E-state index in [1.54, 1.807) is 0 Å². The molecule has 9 rings (SSSR count). The lowest BCUT2D eigenvalue weighted by Gasteiger charge is -2.12. The Morgan fingerprint density at radius 3 is 2.05 bits per heavy atom. The number of hydrogen-bond donors (Lipinski definition) is 0. The van der Waals surface area contributed by atoms with E-state index in [1.165, 1.54) is 42.1 Å². The first kappa shape index (κ1) is 23.4. The summed E-state index contributed by atoms with van der Waals surface area (Å²) in [6.45, 7) is 0. The molecule has 0 aliphatic carbocycles. The van der Waals surface area contributed by atoms with E-state index in [1.807, 2.05) is 11.3 Å². The fraction of sp³-hybridized carbons (Fsp3) is 0. The van der Waals surface area contributed by atoms with E-state index in [0.29, 0.717) is 5.95 Å². The number of rotatable bonds is 3. The number of nitrogens with zero attached hydrogens (tertiary/aromatic N) is 3. The highest BCUT2D eigenvalue weighted by Gasteiger charge is 2.19. The smallest absolute Gasteiger partial charge is 0.235 e. The van der Waals surface area contributed by atoms with Crippen LogP contribution >= 0.6 is 11.3 Å². The van der Waals surface area contributed by atoms with Crippen LogP contribution in [0, 0.1) is 0 Å². The quantitative estimate of drug-likeness (QED) is 0.218. The van der Waals surface area contributed by atoms with Crippen molar-refractivity contribution in [2.75, 3.05) is 0 Å². The van der Waals surface area contributed by atoms with Gasteiger partial charge in [-0.25, -0.2) is 9.97 Å². The van der Waals surface area contributed by atoms with E-state index in [4.69, 9.17) is 9.97 Å². The molecule has 6 aromatic carbocycles. The maximum absolute atomic E-state index is 5.33. The molecule has 0 bridgehead atoms. The highest BCUT2D eigenvalue weighted by atomic mass is 32.1. The summed E-state index contributed by atoms with van der Waals surface area (Å²) in [6, 6.07) is 49.4. The van der Waals surface area contributed by atoms with Crippen LogP contribution in [0.25, 0.3) is 81.2 Å². The number of aromatic nitrogens is 3. The summed E-state index contributed by atoms with van der Waals surface area (Å²) in [5, 5.41) is 6.02. The fourth-order valence-electron chi connectivity index (χ4n) is 6.26. The monoisotopic (exact) mass is 553 g/mol. The highest BCUT2D eigenvalue weighted by molar-refractivity contribution is 7.25. The molecule has 9 aromatic rings. The number of fused-ring (bicyclic) bond motifs is 7. The van der Waals surface area contributed by atoms with Crippen molar-refractivity contribution >= 4 is 64.2 Å². The van der Waals surface area contributed by atoms with E-state index in [2.05, 4.69) is 144 Å². The minimum atomic E-state index is 0.680. The van der Waals surface area contributed by atoms with Gasteiger partial charge in [-0.2, -0.15) is 0 Å². The molecule has 0 saturated carbocycles. The molecule has 3 nitrogen and oxygen atoms in total. The molecule has 0 fully saturated rings.